The van der Waals surface area contributed by atoms with E-state index in [4.69, 9.17) is 9.47 Å². The van der Waals surface area contributed by atoms with Crippen LogP contribution >= 0.6 is 28.3 Å². The zero-order valence-electron chi connectivity index (χ0n) is 14.1. The average Bonchev–Trinajstić information content (AvgIpc) is 2.90. The first-order valence-electron chi connectivity index (χ1n) is 8.41. The standard InChI is InChI=1S/C18H20BrNO4.ClH/c1-20-6-5-17-13-9-3-4-11(23-2)15(13)24-16(17)14(21)10(19)8-18(17,22)12(20)7-9;/h3-4,10,12,16,22H,5-8H2,1-2H3;1H/t10?,12-,16+,17+,18-;/m1./s1. The van der Waals surface area contributed by atoms with Crippen molar-refractivity contribution in [2.45, 2.75) is 47.3 Å². The van der Waals surface area contributed by atoms with Gasteiger partial charge in [-0.15, -0.1) is 12.4 Å². The van der Waals surface area contributed by atoms with Gasteiger partial charge >= 0.3 is 0 Å². The number of ether oxygens (including phenoxy) is 2. The SMILES string of the molecule is COc1ccc2c3c1O[C@H]1C(=O)C(Br)C[C@@]4(O)[C@@H](C2)N(C)CC[C@]314.Cl. The number of piperidine rings is 1. The second kappa shape index (κ2) is 5.35. The predicted molar refractivity (Wildman–Crippen MR) is 98.4 cm³/mol. The highest BCUT2D eigenvalue weighted by Gasteiger charge is 2.74. The number of Topliss-reactive ketones (excluding diaryl/α,β-unsaturated/α-hetero) is 1. The van der Waals surface area contributed by atoms with E-state index in [-0.39, 0.29) is 29.1 Å². The highest BCUT2D eigenvalue weighted by Crippen LogP contribution is 2.65. The Morgan fingerprint density at radius 3 is 2.92 bits per heavy atom. The summed E-state index contributed by atoms with van der Waals surface area (Å²) in [6.45, 7) is 0.850. The van der Waals surface area contributed by atoms with E-state index in [1.165, 1.54) is 5.56 Å². The van der Waals surface area contributed by atoms with Gasteiger partial charge in [0, 0.05) is 11.6 Å². The number of likely N-dealkylation sites (tertiary alicyclic amines) is 1. The number of nitrogens with zero attached hydrogens (tertiary/aromatic N) is 1. The van der Waals surface area contributed by atoms with Crippen LogP contribution in [-0.2, 0) is 16.6 Å². The maximum atomic E-state index is 12.9. The molecule has 136 valence electrons. The van der Waals surface area contributed by atoms with Crippen LogP contribution in [0.1, 0.15) is 24.0 Å². The number of benzene rings is 1. The van der Waals surface area contributed by atoms with Gasteiger partial charge in [0.15, 0.2) is 23.4 Å². The molecule has 5 rings (SSSR count). The van der Waals surface area contributed by atoms with Gasteiger partial charge in [-0.2, -0.15) is 0 Å². The molecule has 1 unspecified atom stereocenters. The van der Waals surface area contributed by atoms with E-state index in [0.29, 0.717) is 17.9 Å². The zero-order valence-corrected chi connectivity index (χ0v) is 16.5. The van der Waals surface area contributed by atoms with E-state index in [9.17, 15) is 9.90 Å². The summed E-state index contributed by atoms with van der Waals surface area (Å²) in [6, 6.07) is 3.98. The van der Waals surface area contributed by atoms with E-state index >= 15 is 0 Å². The molecule has 2 aliphatic carbocycles. The van der Waals surface area contributed by atoms with Crippen LogP contribution in [0, 0.1) is 0 Å². The predicted octanol–water partition coefficient (Wildman–Crippen LogP) is 1.84. The Morgan fingerprint density at radius 2 is 2.20 bits per heavy atom. The number of methoxy groups -OCH3 is 1. The van der Waals surface area contributed by atoms with Crippen LogP contribution in [0.2, 0.25) is 0 Å². The second-order valence-electron chi connectivity index (χ2n) is 7.55. The lowest BCUT2D eigenvalue weighted by Gasteiger charge is -2.62. The lowest BCUT2D eigenvalue weighted by atomic mass is 9.49. The largest absolute Gasteiger partial charge is 0.493 e. The van der Waals surface area contributed by atoms with E-state index in [2.05, 4.69) is 33.9 Å². The fraction of sp³-hybridized carbons (Fsp3) is 0.611. The highest BCUT2D eigenvalue weighted by molar-refractivity contribution is 9.10. The molecule has 1 saturated heterocycles. The lowest BCUT2D eigenvalue weighted by molar-refractivity contribution is -0.183. The molecule has 0 aromatic heterocycles. The minimum absolute atomic E-state index is 0. The summed E-state index contributed by atoms with van der Waals surface area (Å²) in [5, 5.41) is 11.9. The van der Waals surface area contributed by atoms with Crippen LogP contribution < -0.4 is 9.47 Å². The fourth-order valence-electron chi connectivity index (χ4n) is 5.67. The van der Waals surface area contributed by atoms with Gasteiger partial charge < -0.3 is 19.5 Å². The molecule has 5 nitrogen and oxygen atoms in total. The molecule has 1 aromatic rings. The Kier molecular flexibility index (Phi) is 3.76. The van der Waals surface area contributed by atoms with Crippen LogP contribution in [-0.4, -0.2) is 59.1 Å². The van der Waals surface area contributed by atoms with Crippen molar-refractivity contribution in [2.24, 2.45) is 0 Å². The molecule has 4 aliphatic rings. The molecule has 1 spiro atoms. The zero-order chi connectivity index (χ0) is 16.9. The van der Waals surface area contributed by atoms with Crippen LogP contribution in [0.4, 0.5) is 0 Å². The summed E-state index contributed by atoms with van der Waals surface area (Å²) in [4.78, 5) is 14.8. The van der Waals surface area contributed by atoms with Gasteiger partial charge in [-0.05, 0) is 44.5 Å². The Bertz CT molecular complexity index is 774. The minimum Gasteiger partial charge on any atom is -0.493 e. The molecular formula is C18H21BrClNO4. The maximum Gasteiger partial charge on any atom is 0.187 e. The average molecular weight is 431 g/mol. The van der Waals surface area contributed by atoms with Gasteiger partial charge in [-0.1, -0.05) is 22.0 Å². The number of halogens is 2. The van der Waals surface area contributed by atoms with Gasteiger partial charge in [0.05, 0.1) is 23.0 Å². The molecular weight excluding hydrogens is 410 g/mol. The topological polar surface area (TPSA) is 59.0 Å². The van der Waals surface area contributed by atoms with Crippen molar-refractivity contribution in [1.29, 1.82) is 0 Å². The van der Waals surface area contributed by atoms with Crippen LogP contribution in [0.15, 0.2) is 12.1 Å². The van der Waals surface area contributed by atoms with Gasteiger partial charge in [0.2, 0.25) is 0 Å². The number of alkyl halides is 1. The molecule has 1 saturated carbocycles. The number of carbonyl (C=O) groups excluding carboxylic acids is 1. The normalized spacial score (nSPS) is 40.8. The first kappa shape index (κ1) is 17.6. The number of rotatable bonds is 1. The molecule has 7 heteroatoms. The smallest absolute Gasteiger partial charge is 0.187 e. The van der Waals surface area contributed by atoms with Crippen molar-refractivity contribution in [2.75, 3.05) is 20.7 Å². The summed E-state index contributed by atoms with van der Waals surface area (Å²) < 4.78 is 11.7. The fourth-order valence-corrected chi connectivity index (χ4v) is 6.40. The number of hydrogen-bond donors (Lipinski definition) is 1. The summed E-state index contributed by atoms with van der Waals surface area (Å²) >= 11 is 3.49. The molecule has 2 bridgehead atoms. The van der Waals surface area contributed by atoms with Gasteiger partial charge in [-0.25, -0.2) is 0 Å². The summed E-state index contributed by atoms with van der Waals surface area (Å²) in [5.41, 5.74) is 0.571. The Labute approximate surface area is 161 Å². The van der Waals surface area contributed by atoms with Crippen LogP contribution in [0.3, 0.4) is 0 Å². The molecule has 2 aliphatic heterocycles. The molecule has 2 fully saturated rings. The number of aliphatic hydroxyl groups is 1. The van der Waals surface area contributed by atoms with Crippen LogP contribution in [0.5, 0.6) is 11.5 Å². The van der Waals surface area contributed by atoms with Crippen molar-refractivity contribution < 1.29 is 19.4 Å². The molecule has 0 amide bonds. The second-order valence-corrected chi connectivity index (χ2v) is 8.65. The van der Waals surface area contributed by atoms with Crippen LogP contribution in [0.25, 0.3) is 0 Å². The van der Waals surface area contributed by atoms with Gasteiger partial charge in [0.1, 0.15) is 0 Å². The van der Waals surface area contributed by atoms with Gasteiger partial charge in [-0.3, -0.25) is 4.79 Å². The Hall–Kier alpha value is -0.820. The molecule has 1 aromatic carbocycles. The van der Waals surface area contributed by atoms with Gasteiger partial charge in [0.25, 0.3) is 0 Å². The first-order valence-corrected chi connectivity index (χ1v) is 9.33. The molecule has 2 heterocycles. The summed E-state index contributed by atoms with van der Waals surface area (Å²) in [6.07, 6.45) is 1.28. The van der Waals surface area contributed by atoms with Crippen molar-refractivity contribution >= 4 is 34.1 Å². The summed E-state index contributed by atoms with van der Waals surface area (Å²) in [7, 11) is 3.68. The Balaban J connectivity index is 0.00000157. The molecule has 1 N–H and O–H groups in total. The number of hydrogen-bond acceptors (Lipinski definition) is 5. The number of likely N-dealkylation sites (N-methyl/N-ethyl adjacent to an activating group) is 1. The highest BCUT2D eigenvalue weighted by atomic mass is 79.9. The molecule has 0 radical (unpaired) electrons. The van der Waals surface area contributed by atoms with Crippen molar-refractivity contribution in [3.8, 4) is 11.5 Å². The summed E-state index contributed by atoms with van der Waals surface area (Å²) in [5.74, 6) is 1.35. The van der Waals surface area contributed by atoms with E-state index < -0.39 is 17.1 Å². The third-order valence-electron chi connectivity index (χ3n) is 6.74. The number of carbonyl (C=O) groups is 1. The van der Waals surface area contributed by atoms with Crippen molar-refractivity contribution in [3.05, 3.63) is 23.3 Å². The lowest BCUT2D eigenvalue weighted by Crippen LogP contribution is -2.77. The van der Waals surface area contributed by atoms with E-state index in [0.717, 1.165) is 24.9 Å². The third kappa shape index (κ3) is 1.79. The monoisotopic (exact) mass is 429 g/mol. The maximum absolute atomic E-state index is 12.9. The third-order valence-corrected chi connectivity index (χ3v) is 7.52. The quantitative estimate of drug-likeness (QED) is 0.689. The van der Waals surface area contributed by atoms with Crippen molar-refractivity contribution in [1.82, 2.24) is 4.90 Å². The first-order chi connectivity index (χ1) is 11.4. The van der Waals surface area contributed by atoms with E-state index in [1.807, 2.05) is 6.07 Å². The Morgan fingerprint density at radius 1 is 1.44 bits per heavy atom. The van der Waals surface area contributed by atoms with E-state index in [1.54, 1.807) is 7.11 Å². The molecule has 25 heavy (non-hydrogen) atoms. The number of ketones is 1. The van der Waals surface area contributed by atoms with Crippen molar-refractivity contribution in [3.63, 3.8) is 0 Å². The minimum atomic E-state index is -0.975. The molecule has 5 atom stereocenters.